The quantitative estimate of drug-likeness (QED) is 0.572. The smallest absolute Gasteiger partial charge is 0.280 e. The van der Waals surface area contributed by atoms with Crippen LogP contribution in [-0.4, -0.2) is 21.2 Å². The number of hydrogen-bond acceptors (Lipinski definition) is 3. The van der Waals surface area contributed by atoms with Crippen molar-refractivity contribution in [2.75, 3.05) is 0 Å². The van der Waals surface area contributed by atoms with Crippen LogP contribution in [0.4, 0.5) is 0 Å². The van der Waals surface area contributed by atoms with Crippen molar-refractivity contribution in [3.8, 4) is 5.69 Å². The average molecular weight is 344 g/mol. The number of fused-ring (bicyclic) bond motifs is 1. The van der Waals surface area contributed by atoms with Crippen molar-refractivity contribution in [1.82, 2.24) is 9.78 Å². The van der Waals surface area contributed by atoms with Gasteiger partial charge in [0, 0.05) is 11.3 Å². The third-order valence-electron chi connectivity index (χ3n) is 4.73. The minimum absolute atomic E-state index is 0.109. The molecule has 0 spiro atoms. The molecule has 0 saturated heterocycles. The predicted octanol–water partition coefficient (Wildman–Crippen LogP) is 3.63. The molecular weight excluding hydrogens is 324 g/mol. The summed E-state index contributed by atoms with van der Waals surface area (Å²) in [5, 5.41) is 12.0. The van der Waals surface area contributed by atoms with E-state index in [2.05, 4.69) is 27.4 Å². The summed E-state index contributed by atoms with van der Waals surface area (Å²) in [7, 11) is 0. The Hall–Kier alpha value is -3.21. The Morgan fingerprint density at radius 2 is 1.77 bits per heavy atom. The van der Waals surface area contributed by atoms with Gasteiger partial charge in [-0.05, 0) is 44.4 Å². The Morgan fingerprint density at radius 3 is 2.58 bits per heavy atom. The van der Waals surface area contributed by atoms with Crippen LogP contribution in [0.25, 0.3) is 5.69 Å². The highest BCUT2D eigenvalue weighted by molar-refractivity contribution is 6.05. The summed E-state index contributed by atoms with van der Waals surface area (Å²) in [6.07, 6.45) is 1.88. The summed E-state index contributed by atoms with van der Waals surface area (Å²) in [5.41, 5.74) is 6.13. The number of hydrogen-bond donors (Lipinski definition) is 1. The SMILES string of the molecule is C/C(=N\N=C1/CCc2ccccc21)c1c(C)[nH]n(-c2ccccc2)c1=O. The molecule has 2 aromatic carbocycles. The number of rotatable bonds is 3. The second-order valence-corrected chi connectivity index (χ2v) is 6.48. The van der Waals surface area contributed by atoms with Crippen LogP contribution in [0.15, 0.2) is 69.6 Å². The molecule has 0 amide bonds. The molecule has 3 aromatic rings. The van der Waals surface area contributed by atoms with E-state index in [1.807, 2.05) is 56.3 Å². The van der Waals surface area contributed by atoms with Gasteiger partial charge in [-0.25, -0.2) is 4.68 Å². The molecule has 0 fully saturated rings. The molecule has 1 heterocycles. The first-order valence-corrected chi connectivity index (χ1v) is 8.72. The van der Waals surface area contributed by atoms with Crippen molar-refractivity contribution in [1.29, 1.82) is 0 Å². The summed E-state index contributed by atoms with van der Waals surface area (Å²) in [6.45, 7) is 3.71. The van der Waals surface area contributed by atoms with Gasteiger partial charge >= 0.3 is 0 Å². The number of para-hydroxylation sites is 1. The zero-order chi connectivity index (χ0) is 18.1. The van der Waals surface area contributed by atoms with Gasteiger partial charge in [0.25, 0.3) is 5.56 Å². The van der Waals surface area contributed by atoms with Crippen LogP contribution in [0, 0.1) is 6.92 Å². The molecule has 1 aliphatic carbocycles. The standard InChI is InChI=1S/C21H20N4O/c1-14(22-23-19-13-12-16-8-6-7-11-18(16)19)20-15(2)24-25(21(20)26)17-9-4-3-5-10-17/h3-11,24H,12-13H2,1-2H3/b22-14+,23-19+. The fraction of sp³-hybridized carbons (Fsp3) is 0.190. The number of nitrogens with one attached hydrogen (secondary N) is 1. The zero-order valence-corrected chi connectivity index (χ0v) is 14.9. The molecule has 0 atom stereocenters. The summed E-state index contributed by atoms with van der Waals surface area (Å²) >= 11 is 0. The Labute approximate surface area is 151 Å². The van der Waals surface area contributed by atoms with Crippen LogP contribution in [0.3, 0.4) is 0 Å². The topological polar surface area (TPSA) is 62.5 Å². The maximum absolute atomic E-state index is 12.8. The number of aryl methyl sites for hydroxylation is 2. The van der Waals surface area contributed by atoms with E-state index < -0.39 is 0 Å². The maximum Gasteiger partial charge on any atom is 0.280 e. The number of H-pyrrole nitrogens is 1. The van der Waals surface area contributed by atoms with Crippen LogP contribution >= 0.6 is 0 Å². The number of aromatic nitrogens is 2. The van der Waals surface area contributed by atoms with Gasteiger partial charge in [0.2, 0.25) is 0 Å². The van der Waals surface area contributed by atoms with Gasteiger partial charge in [-0.3, -0.25) is 9.89 Å². The second kappa shape index (κ2) is 6.59. The lowest BCUT2D eigenvalue weighted by atomic mass is 10.1. The van der Waals surface area contributed by atoms with Crippen molar-refractivity contribution >= 4 is 11.4 Å². The van der Waals surface area contributed by atoms with E-state index in [4.69, 9.17) is 0 Å². The van der Waals surface area contributed by atoms with Crippen molar-refractivity contribution in [2.45, 2.75) is 26.7 Å². The summed E-state index contributed by atoms with van der Waals surface area (Å²) in [6, 6.07) is 17.8. The molecule has 0 radical (unpaired) electrons. The molecule has 5 nitrogen and oxygen atoms in total. The lowest BCUT2D eigenvalue weighted by Crippen LogP contribution is -2.19. The van der Waals surface area contributed by atoms with Crippen LogP contribution in [0.5, 0.6) is 0 Å². The Morgan fingerprint density at radius 1 is 1.04 bits per heavy atom. The molecule has 5 heteroatoms. The van der Waals surface area contributed by atoms with E-state index in [1.165, 1.54) is 5.56 Å². The minimum atomic E-state index is -0.109. The van der Waals surface area contributed by atoms with Crippen LogP contribution < -0.4 is 5.56 Å². The highest BCUT2D eigenvalue weighted by Crippen LogP contribution is 2.22. The fourth-order valence-corrected chi connectivity index (χ4v) is 3.43. The summed E-state index contributed by atoms with van der Waals surface area (Å²) < 4.78 is 1.54. The third-order valence-corrected chi connectivity index (χ3v) is 4.73. The molecule has 1 N–H and O–H groups in total. The van der Waals surface area contributed by atoms with E-state index in [0.717, 1.165) is 35.5 Å². The molecule has 1 aromatic heterocycles. The molecular formula is C21H20N4O. The maximum atomic E-state index is 12.8. The van der Waals surface area contributed by atoms with Crippen LogP contribution in [-0.2, 0) is 6.42 Å². The molecule has 0 aliphatic heterocycles. The lowest BCUT2D eigenvalue weighted by Gasteiger charge is -1.99. The van der Waals surface area contributed by atoms with Crippen LogP contribution in [0.1, 0.15) is 35.7 Å². The number of aromatic amines is 1. The molecule has 0 saturated carbocycles. The monoisotopic (exact) mass is 344 g/mol. The first-order chi connectivity index (χ1) is 12.6. The van der Waals surface area contributed by atoms with Gasteiger partial charge in [-0.15, -0.1) is 0 Å². The van der Waals surface area contributed by atoms with Gasteiger partial charge in [-0.1, -0.05) is 42.5 Å². The van der Waals surface area contributed by atoms with Crippen molar-refractivity contribution in [3.05, 3.63) is 87.3 Å². The molecule has 1 aliphatic rings. The van der Waals surface area contributed by atoms with Gasteiger partial charge in [-0.2, -0.15) is 10.2 Å². The van der Waals surface area contributed by atoms with E-state index in [9.17, 15) is 4.79 Å². The molecule has 0 unspecified atom stereocenters. The highest BCUT2D eigenvalue weighted by Gasteiger charge is 2.18. The van der Waals surface area contributed by atoms with Crippen molar-refractivity contribution < 1.29 is 0 Å². The van der Waals surface area contributed by atoms with Gasteiger partial charge < -0.3 is 0 Å². The van der Waals surface area contributed by atoms with Crippen LogP contribution in [0.2, 0.25) is 0 Å². The highest BCUT2D eigenvalue weighted by atomic mass is 16.1. The largest absolute Gasteiger partial charge is 0.295 e. The van der Waals surface area contributed by atoms with Crippen molar-refractivity contribution in [3.63, 3.8) is 0 Å². The Kier molecular flexibility index (Phi) is 4.13. The molecule has 0 bridgehead atoms. The minimum Gasteiger partial charge on any atom is -0.295 e. The summed E-state index contributed by atoms with van der Waals surface area (Å²) in [5.74, 6) is 0. The molecule has 26 heavy (non-hydrogen) atoms. The van der Waals surface area contributed by atoms with Gasteiger partial charge in [0.05, 0.1) is 22.7 Å². The fourth-order valence-electron chi connectivity index (χ4n) is 3.43. The van der Waals surface area contributed by atoms with E-state index >= 15 is 0 Å². The lowest BCUT2D eigenvalue weighted by molar-refractivity contribution is 0.835. The first kappa shape index (κ1) is 16.3. The van der Waals surface area contributed by atoms with E-state index in [0.29, 0.717) is 11.3 Å². The number of benzene rings is 2. The van der Waals surface area contributed by atoms with E-state index in [1.54, 1.807) is 4.68 Å². The van der Waals surface area contributed by atoms with Crippen molar-refractivity contribution in [2.24, 2.45) is 10.2 Å². The average Bonchev–Trinajstić information content (AvgIpc) is 3.21. The van der Waals surface area contributed by atoms with E-state index in [-0.39, 0.29) is 5.56 Å². The Balaban J connectivity index is 1.71. The molecule has 4 rings (SSSR count). The van der Waals surface area contributed by atoms with Gasteiger partial charge in [0.1, 0.15) is 0 Å². The zero-order valence-electron chi connectivity index (χ0n) is 14.9. The molecule has 130 valence electrons. The Bertz CT molecular complexity index is 1070. The predicted molar refractivity (Wildman–Crippen MR) is 105 cm³/mol. The number of nitrogens with zero attached hydrogens (tertiary/aromatic N) is 3. The summed E-state index contributed by atoms with van der Waals surface area (Å²) in [4.78, 5) is 12.8. The normalized spacial score (nSPS) is 15.5. The third kappa shape index (κ3) is 2.81. The van der Waals surface area contributed by atoms with Gasteiger partial charge in [0.15, 0.2) is 0 Å². The second-order valence-electron chi connectivity index (χ2n) is 6.48. The first-order valence-electron chi connectivity index (χ1n) is 8.72.